The molecule has 0 fully saturated rings. The molecular formula is C19H19ClO5. The molecule has 0 bridgehead atoms. The Hall–Kier alpha value is -2.53. The Balaban J connectivity index is 1.90. The van der Waals surface area contributed by atoms with E-state index in [2.05, 4.69) is 0 Å². The molecule has 5 nitrogen and oxygen atoms in total. The van der Waals surface area contributed by atoms with E-state index in [1.165, 1.54) is 7.11 Å². The smallest absolute Gasteiger partial charge is 0.344 e. The third kappa shape index (κ3) is 4.97. The van der Waals surface area contributed by atoms with Gasteiger partial charge in [-0.25, -0.2) is 4.79 Å². The molecule has 25 heavy (non-hydrogen) atoms. The van der Waals surface area contributed by atoms with Gasteiger partial charge in [-0.1, -0.05) is 23.7 Å². The van der Waals surface area contributed by atoms with Gasteiger partial charge in [-0.05, 0) is 49.2 Å². The molecule has 2 aromatic carbocycles. The minimum atomic E-state index is -0.628. The fraction of sp³-hybridized carbons (Fsp3) is 0.263. The summed E-state index contributed by atoms with van der Waals surface area (Å²) < 4.78 is 15.6. The summed E-state index contributed by atoms with van der Waals surface area (Å²) in [5, 5.41) is 0.604. The van der Waals surface area contributed by atoms with E-state index in [4.69, 9.17) is 25.8 Å². The van der Waals surface area contributed by atoms with Crippen LogP contribution in [0.25, 0.3) is 0 Å². The lowest BCUT2D eigenvalue weighted by Gasteiger charge is -2.12. The number of para-hydroxylation sites is 1. The van der Waals surface area contributed by atoms with Gasteiger partial charge in [-0.15, -0.1) is 0 Å². The first-order valence-corrected chi connectivity index (χ1v) is 8.01. The van der Waals surface area contributed by atoms with E-state index >= 15 is 0 Å². The quantitative estimate of drug-likeness (QED) is 0.554. The van der Waals surface area contributed by atoms with Crippen molar-refractivity contribution in [3.63, 3.8) is 0 Å². The first-order chi connectivity index (χ1) is 11.9. The third-order valence-corrected chi connectivity index (χ3v) is 3.75. The molecule has 0 aliphatic rings. The maximum atomic E-state index is 12.1. The van der Waals surface area contributed by atoms with Crippen LogP contribution in [0.3, 0.4) is 0 Å². The van der Waals surface area contributed by atoms with Crippen LogP contribution >= 0.6 is 11.6 Å². The Morgan fingerprint density at radius 3 is 2.32 bits per heavy atom. The topological polar surface area (TPSA) is 61.8 Å². The number of hydrogen-bond acceptors (Lipinski definition) is 5. The minimum absolute atomic E-state index is 0.289. The second-order valence-corrected chi connectivity index (χ2v) is 5.88. The van der Waals surface area contributed by atoms with Gasteiger partial charge >= 0.3 is 5.97 Å². The summed E-state index contributed by atoms with van der Waals surface area (Å²) in [6, 6.07) is 10.3. The SMILES string of the molecule is COc1ccccc1C(=O)COC(=O)COc1c(C)cc(Cl)cc1C. The summed E-state index contributed by atoms with van der Waals surface area (Å²) in [5.74, 6) is 0.0475. The van der Waals surface area contributed by atoms with Gasteiger partial charge in [0.15, 0.2) is 13.2 Å². The summed E-state index contributed by atoms with van der Waals surface area (Å²) in [4.78, 5) is 24.0. The molecular weight excluding hydrogens is 344 g/mol. The van der Waals surface area contributed by atoms with Gasteiger partial charge in [0.1, 0.15) is 11.5 Å². The number of carbonyl (C=O) groups excluding carboxylic acids is 2. The monoisotopic (exact) mass is 362 g/mol. The van der Waals surface area contributed by atoms with Crippen LogP contribution < -0.4 is 9.47 Å². The van der Waals surface area contributed by atoms with Crippen molar-refractivity contribution >= 4 is 23.4 Å². The van der Waals surface area contributed by atoms with Gasteiger partial charge in [0.2, 0.25) is 5.78 Å². The molecule has 2 rings (SSSR count). The molecule has 132 valence electrons. The molecule has 6 heteroatoms. The van der Waals surface area contributed by atoms with Crippen LogP contribution in [-0.2, 0) is 9.53 Å². The zero-order valence-corrected chi connectivity index (χ0v) is 15.1. The van der Waals surface area contributed by atoms with Crippen LogP contribution in [0.1, 0.15) is 21.5 Å². The van der Waals surface area contributed by atoms with Crippen molar-refractivity contribution in [2.45, 2.75) is 13.8 Å². The molecule has 0 heterocycles. The average Bonchev–Trinajstić information content (AvgIpc) is 2.58. The van der Waals surface area contributed by atoms with E-state index in [9.17, 15) is 9.59 Å². The zero-order chi connectivity index (χ0) is 18.4. The van der Waals surface area contributed by atoms with Gasteiger partial charge in [-0.3, -0.25) is 4.79 Å². The molecule has 0 aliphatic carbocycles. The number of esters is 1. The van der Waals surface area contributed by atoms with E-state index in [-0.39, 0.29) is 19.0 Å². The Kier molecular flexibility index (Phi) is 6.42. The zero-order valence-electron chi connectivity index (χ0n) is 14.3. The first kappa shape index (κ1) is 18.8. The molecule has 0 spiro atoms. The highest BCUT2D eigenvalue weighted by molar-refractivity contribution is 6.30. The predicted octanol–water partition coefficient (Wildman–Crippen LogP) is 3.77. The highest BCUT2D eigenvalue weighted by Crippen LogP contribution is 2.27. The summed E-state index contributed by atoms with van der Waals surface area (Å²) >= 11 is 5.96. The predicted molar refractivity (Wildman–Crippen MR) is 94.7 cm³/mol. The molecule has 0 radical (unpaired) electrons. The second-order valence-electron chi connectivity index (χ2n) is 5.44. The average molecular weight is 363 g/mol. The van der Waals surface area contributed by atoms with Crippen LogP contribution in [0.5, 0.6) is 11.5 Å². The summed E-state index contributed by atoms with van der Waals surface area (Å²) in [7, 11) is 1.47. The van der Waals surface area contributed by atoms with Crippen molar-refractivity contribution < 1.29 is 23.8 Å². The summed E-state index contributed by atoms with van der Waals surface area (Å²) in [5.41, 5.74) is 2.01. The molecule has 0 saturated heterocycles. The maximum Gasteiger partial charge on any atom is 0.344 e. The molecule has 0 saturated carbocycles. The second kappa shape index (κ2) is 8.53. The van der Waals surface area contributed by atoms with Crippen LogP contribution in [0.15, 0.2) is 36.4 Å². The van der Waals surface area contributed by atoms with Gasteiger partial charge < -0.3 is 14.2 Å². The lowest BCUT2D eigenvalue weighted by atomic mass is 10.1. The van der Waals surface area contributed by atoms with Crippen molar-refractivity contribution in [3.05, 3.63) is 58.1 Å². The van der Waals surface area contributed by atoms with Crippen molar-refractivity contribution in [2.75, 3.05) is 20.3 Å². The van der Waals surface area contributed by atoms with Gasteiger partial charge in [0.25, 0.3) is 0 Å². The number of ketones is 1. The Morgan fingerprint density at radius 1 is 1.04 bits per heavy atom. The number of aryl methyl sites for hydroxylation is 2. The Bertz CT molecular complexity index is 762. The van der Waals surface area contributed by atoms with Crippen LogP contribution in [0, 0.1) is 13.8 Å². The molecule has 0 atom stereocenters. The number of Topliss-reactive ketones (excluding diaryl/α,β-unsaturated/α-hetero) is 1. The highest BCUT2D eigenvalue weighted by atomic mass is 35.5. The van der Waals surface area contributed by atoms with E-state index in [0.717, 1.165) is 11.1 Å². The fourth-order valence-electron chi connectivity index (χ4n) is 2.40. The van der Waals surface area contributed by atoms with E-state index in [0.29, 0.717) is 22.1 Å². The van der Waals surface area contributed by atoms with E-state index < -0.39 is 5.97 Å². The van der Waals surface area contributed by atoms with Crippen molar-refractivity contribution in [1.82, 2.24) is 0 Å². The Morgan fingerprint density at radius 2 is 1.68 bits per heavy atom. The van der Waals surface area contributed by atoms with Crippen LogP contribution in [0.4, 0.5) is 0 Å². The maximum absolute atomic E-state index is 12.1. The first-order valence-electron chi connectivity index (χ1n) is 7.63. The number of methoxy groups -OCH3 is 1. The molecule has 0 aliphatic heterocycles. The molecule has 0 aromatic heterocycles. The highest BCUT2D eigenvalue weighted by Gasteiger charge is 2.15. The number of benzene rings is 2. The molecule has 0 amide bonds. The van der Waals surface area contributed by atoms with Crippen molar-refractivity contribution in [3.8, 4) is 11.5 Å². The van der Waals surface area contributed by atoms with Crippen molar-refractivity contribution in [1.29, 1.82) is 0 Å². The number of rotatable bonds is 7. The summed E-state index contributed by atoms with van der Waals surface area (Å²) in [6.45, 7) is 3.01. The van der Waals surface area contributed by atoms with E-state index in [1.807, 2.05) is 13.8 Å². The number of carbonyl (C=O) groups is 2. The number of hydrogen-bond donors (Lipinski definition) is 0. The van der Waals surface area contributed by atoms with Gasteiger partial charge in [0, 0.05) is 5.02 Å². The van der Waals surface area contributed by atoms with Crippen LogP contribution in [0.2, 0.25) is 5.02 Å². The lowest BCUT2D eigenvalue weighted by molar-refractivity contribution is -0.144. The molecule has 0 unspecified atom stereocenters. The standard InChI is InChI=1S/C19H19ClO5/c1-12-8-14(20)9-13(2)19(12)25-11-18(22)24-10-16(21)15-6-4-5-7-17(15)23-3/h4-9H,10-11H2,1-3H3. The van der Waals surface area contributed by atoms with E-state index in [1.54, 1.807) is 36.4 Å². The number of ether oxygens (including phenoxy) is 3. The largest absolute Gasteiger partial charge is 0.496 e. The number of halogens is 1. The van der Waals surface area contributed by atoms with Crippen LogP contribution in [-0.4, -0.2) is 32.1 Å². The minimum Gasteiger partial charge on any atom is -0.496 e. The lowest BCUT2D eigenvalue weighted by Crippen LogP contribution is -2.20. The van der Waals surface area contributed by atoms with Gasteiger partial charge in [-0.2, -0.15) is 0 Å². The fourth-order valence-corrected chi connectivity index (χ4v) is 2.72. The third-order valence-electron chi connectivity index (χ3n) is 3.53. The molecule has 0 N–H and O–H groups in total. The summed E-state index contributed by atoms with van der Waals surface area (Å²) in [6.07, 6.45) is 0. The normalized spacial score (nSPS) is 10.2. The van der Waals surface area contributed by atoms with Crippen molar-refractivity contribution in [2.24, 2.45) is 0 Å². The molecule has 2 aromatic rings. The Labute approximate surface area is 151 Å². The van der Waals surface area contributed by atoms with Gasteiger partial charge in [0.05, 0.1) is 12.7 Å².